The van der Waals surface area contributed by atoms with Crippen LogP contribution in [0.15, 0.2) is 23.1 Å². The van der Waals surface area contributed by atoms with Crippen molar-refractivity contribution >= 4 is 30.2 Å². The molecule has 0 spiro atoms. The molecule has 0 aliphatic carbocycles. The molecule has 2 nitrogen and oxygen atoms in total. The van der Waals surface area contributed by atoms with Crippen molar-refractivity contribution < 1.29 is 9.53 Å². The molecule has 0 heterocycles. The molecule has 0 N–H and O–H groups in total. The fourth-order valence-electron chi connectivity index (χ4n) is 1.63. The summed E-state index contributed by atoms with van der Waals surface area (Å²) in [4.78, 5) is 12.6. The van der Waals surface area contributed by atoms with Gasteiger partial charge in [0, 0.05) is 4.90 Å². The summed E-state index contributed by atoms with van der Waals surface area (Å²) in [5, 5.41) is 0.393. The Bertz CT molecular complexity index is 404. The van der Waals surface area contributed by atoms with Crippen molar-refractivity contribution in [3.8, 4) is 0 Å². The number of hydrogen-bond donors (Lipinski definition) is 1. The van der Waals surface area contributed by atoms with Crippen molar-refractivity contribution in [1.82, 2.24) is 0 Å². The van der Waals surface area contributed by atoms with Crippen LogP contribution in [-0.2, 0) is 4.74 Å². The predicted molar refractivity (Wildman–Crippen MR) is 73.0 cm³/mol. The molecule has 0 aliphatic heterocycles. The first-order valence-electron chi connectivity index (χ1n) is 5.59. The quantitative estimate of drug-likeness (QED) is 0.656. The highest BCUT2D eigenvalue weighted by molar-refractivity contribution is 7.80. The van der Waals surface area contributed by atoms with E-state index in [2.05, 4.69) is 26.5 Å². The zero-order chi connectivity index (χ0) is 13.0. The van der Waals surface area contributed by atoms with Crippen LogP contribution in [-0.4, -0.2) is 12.1 Å². The Morgan fingerprint density at radius 2 is 2.06 bits per heavy atom. The zero-order valence-electron chi connectivity index (χ0n) is 10.2. The highest BCUT2D eigenvalue weighted by atomic mass is 35.5. The second-order valence-electron chi connectivity index (χ2n) is 4.51. The second-order valence-corrected chi connectivity index (χ2v) is 5.43. The molecule has 0 saturated heterocycles. The number of carbonyl (C=O) groups excluding carboxylic acids is 1. The normalized spacial score (nSPS) is 12.6. The molecule has 94 valence electrons. The van der Waals surface area contributed by atoms with E-state index in [0.717, 1.165) is 6.42 Å². The van der Waals surface area contributed by atoms with Crippen LogP contribution in [0.3, 0.4) is 0 Å². The Labute approximate surface area is 113 Å². The molecule has 0 aliphatic rings. The van der Waals surface area contributed by atoms with Gasteiger partial charge in [0.1, 0.15) is 0 Å². The summed E-state index contributed by atoms with van der Waals surface area (Å²) in [7, 11) is 0. The van der Waals surface area contributed by atoms with Crippen LogP contribution in [0.25, 0.3) is 0 Å². The van der Waals surface area contributed by atoms with Crippen molar-refractivity contribution in [2.45, 2.75) is 38.2 Å². The lowest BCUT2D eigenvalue weighted by atomic mass is 10.1. The summed E-state index contributed by atoms with van der Waals surface area (Å²) in [5.74, 6) is 0.100. The first-order chi connectivity index (χ1) is 7.90. The van der Waals surface area contributed by atoms with Gasteiger partial charge in [-0.3, -0.25) is 0 Å². The average Bonchev–Trinajstić information content (AvgIpc) is 2.20. The number of ether oxygens (including phenoxy) is 1. The Morgan fingerprint density at radius 3 is 2.65 bits per heavy atom. The van der Waals surface area contributed by atoms with Gasteiger partial charge in [0.15, 0.2) is 0 Å². The van der Waals surface area contributed by atoms with Gasteiger partial charge in [-0.2, -0.15) is 0 Å². The second kappa shape index (κ2) is 6.31. The van der Waals surface area contributed by atoms with Crippen molar-refractivity contribution in [3.05, 3.63) is 28.8 Å². The van der Waals surface area contributed by atoms with E-state index in [4.69, 9.17) is 16.3 Å². The number of benzene rings is 1. The monoisotopic (exact) mass is 272 g/mol. The molecule has 0 radical (unpaired) electrons. The first-order valence-corrected chi connectivity index (χ1v) is 6.42. The zero-order valence-corrected chi connectivity index (χ0v) is 11.9. The number of thiol groups is 1. The molecular weight excluding hydrogens is 256 g/mol. The number of esters is 1. The molecule has 0 amide bonds. The van der Waals surface area contributed by atoms with Gasteiger partial charge < -0.3 is 4.74 Å². The van der Waals surface area contributed by atoms with E-state index < -0.39 is 0 Å². The van der Waals surface area contributed by atoms with E-state index in [1.54, 1.807) is 18.2 Å². The molecule has 1 unspecified atom stereocenters. The Balaban J connectivity index is 2.73. The molecule has 0 bridgehead atoms. The standard InChI is InChI=1S/C13H17ClO2S/c1-8(2)6-9(3)16-13(15)11-7-10(17)4-5-12(11)14/h4-5,7-9,17H,6H2,1-3H3. The smallest absolute Gasteiger partial charge is 0.339 e. The van der Waals surface area contributed by atoms with E-state index in [-0.39, 0.29) is 12.1 Å². The lowest BCUT2D eigenvalue weighted by Gasteiger charge is -2.15. The maximum Gasteiger partial charge on any atom is 0.339 e. The fourth-order valence-corrected chi connectivity index (χ4v) is 2.03. The summed E-state index contributed by atoms with van der Waals surface area (Å²) in [6, 6.07) is 5.00. The largest absolute Gasteiger partial charge is 0.459 e. The van der Waals surface area contributed by atoms with Crippen LogP contribution in [0, 0.1) is 5.92 Å². The molecule has 17 heavy (non-hydrogen) atoms. The third-order valence-corrected chi connectivity index (χ3v) is 2.89. The fraction of sp³-hybridized carbons (Fsp3) is 0.462. The van der Waals surface area contributed by atoms with Crippen molar-refractivity contribution in [1.29, 1.82) is 0 Å². The summed E-state index contributed by atoms with van der Waals surface area (Å²) in [6.07, 6.45) is 0.728. The lowest BCUT2D eigenvalue weighted by Crippen LogP contribution is -2.17. The summed E-state index contributed by atoms with van der Waals surface area (Å²) in [6.45, 7) is 6.06. The molecular formula is C13H17ClO2S. The van der Waals surface area contributed by atoms with Crippen LogP contribution in [0.1, 0.15) is 37.6 Å². The molecule has 0 aromatic heterocycles. The molecule has 4 heteroatoms. The van der Waals surface area contributed by atoms with E-state index in [1.165, 1.54) is 0 Å². The Morgan fingerprint density at radius 1 is 1.41 bits per heavy atom. The maximum atomic E-state index is 11.9. The lowest BCUT2D eigenvalue weighted by molar-refractivity contribution is 0.0299. The van der Waals surface area contributed by atoms with Gasteiger partial charge in [-0.25, -0.2) is 4.79 Å². The highest BCUT2D eigenvalue weighted by Crippen LogP contribution is 2.21. The summed E-state index contributed by atoms with van der Waals surface area (Å²) in [5.41, 5.74) is 0.370. The minimum atomic E-state index is -0.390. The van der Waals surface area contributed by atoms with Crippen LogP contribution < -0.4 is 0 Å². The summed E-state index contributed by atoms with van der Waals surface area (Å²) < 4.78 is 5.33. The van der Waals surface area contributed by atoms with Gasteiger partial charge in [-0.15, -0.1) is 12.6 Å². The van der Waals surface area contributed by atoms with Gasteiger partial charge in [0.25, 0.3) is 0 Å². The van der Waals surface area contributed by atoms with Gasteiger partial charge >= 0.3 is 5.97 Å². The minimum absolute atomic E-state index is 0.109. The van der Waals surface area contributed by atoms with Crippen LogP contribution in [0.4, 0.5) is 0 Å². The van der Waals surface area contributed by atoms with Crippen molar-refractivity contribution in [2.75, 3.05) is 0 Å². The number of carbonyl (C=O) groups is 1. The molecule has 0 fully saturated rings. The number of rotatable bonds is 4. The van der Waals surface area contributed by atoms with Crippen LogP contribution >= 0.6 is 24.2 Å². The molecule has 1 rings (SSSR count). The minimum Gasteiger partial charge on any atom is -0.459 e. The highest BCUT2D eigenvalue weighted by Gasteiger charge is 2.16. The third kappa shape index (κ3) is 4.60. The molecule has 1 atom stereocenters. The number of halogens is 1. The van der Waals surface area contributed by atoms with Crippen molar-refractivity contribution in [2.24, 2.45) is 5.92 Å². The first kappa shape index (κ1) is 14.4. The van der Waals surface area contributed by atoms with E-state index >= 15 is 0 Å². The van der Waals surface area contributed by atoms with E-state index in [0.29, 0.717) is 21.4 Å². The van der Waals surface area contributed by atoms with E-state index in [9.17, 15) is 4.79 Å². The SMILES string of the molecule is CC(C)CC(C)OC(=O)c1cc(S)ccc1Cl. The van der Waals surface area contributed by atoms with Gasteiger partial charge in [-0.1, -0.05) is 25.4 Å². The third-order valence-electron chi connectivity index (χ3n) is 2.28. The Kier molecular flexibility index (Phi) is 5.34. The van der Waals surface area contributed by atoms with Gasteiger partial charge in [0.05, 0.1) is 16.7 Å². The topological polar surface area (TPSA) is 26.3 Å². The van der Waals surface area contributed by atoms with Gasteiger partial charge in [-0.05, 0) is 37.5 Å². The molecule has 1 aromatic carbocycles. The molecule has 1 aromatic rings. The van der Waals surface area contributed by atoms with E-state index in [1.807, 2.05) is 6.92 Å². The predicted octanol–water partition coefficient (Wildman–Crippen LogP) is 4.22. The van der Waals surface area contributed by atoms with Crippen LogP contribution in [0.5, 0.6) is 0 Å². The number of hydrogen-bond acceptors (Lipinski definition) is 3. The molecule has 0 saturated carbocycles. The average molecular weight is 273 g/mol. The van der Waals surface area contributed by atoms with Crippen LogP contribution in [0.2, 0.25) is 5.02 Å². The maximum absolute atomic E-state index is 11.9. The van der Waals surface area contributed by atoms with Crippen molar-refractivity contribution in [3.63, 3.8) is 0 Å². The Hall–Kier alpha value is -0.670. The van der Waals surface area contributed by atoms with Gasteiger partial charge in [0.2, 0.25) is 0 Å². The summed E-state index contributed by atoms with van der Waals surface area (Å²) >= 11 is 10.1.